The lowest BCUT2D eigenvalue weighted by Gasteiger charge is -2.43. The van der Waals surface area contributed by atoms with Crippen molar-refractivity contribution in [1.82, 2.24) is 24.4 Å². The molecule has 5 aromatic heterocycles. The van der Waals surface area contributed by atoms with Gasteiger partial charge in [0.05, 0.1) is 35.1 Å². The van der Waals surface area contributed by atoms with E-state index in [-0.39, 0.29) is 29.6 Å². The molecule has 0 radical (unpaired) electrons. The van der Waals surface area contributed by atoms with Crippen molar-refractivity contribution < 1.29 is 54.4 Å². The number of aromatic hydroxyl groups is 1. The topological polar surface area (TPSA) is 250 Å². The summed E-state index contributed by atoms with van der Waals surface area (Å²) < 4.78 is 16.6. The number of fused-ring (bicyclic) bond motifs is 4. The fraction of sp³-hybridized carbons (Fsp3) is 0.463. The first-order valence-electron chi connectivity index (χ1n) is 19.5. The molecule has 17 nitrogen and oxygen atoms in total. The van der Waals surface area contributed by atoms with Gasteiger partial charge < -0.3 is 64.2 Å². The summed E-state index contributed by atoms with van der Waals surface area (Å²) in [6.45, 7) is 3.86. The molecular weight excluding hydrogens is 754 g/mol. The van der Waals surface area contributed by atoms with Gasteiger partial charge >= 0.3 is 0 Å². The third-order valence-electron chi connectivity index (χ3n) is 12.0. The zero-order chi connectivity index (χ0) is 41.1. The summed E-state index contributed by atoms with van der Waals surface area (Å²) in [7, 11) is 0. The van der Waals surface area contributed by atoms with Crippen LogP contribution in [-0.4, -0.2) is 111 Å². The lowest BCUT2D eigenvalue weighted by Crippen LogP contribution is -2.61. The first-order chi connectivity index (χ1) is 27.7. The van der Waals surface area contributed by atoms with E-state index >= 15 is 0 Å². The van der Waals surface area contributed by atoms with Gasteiger partial charge in [0, 0.05) is 66.8 Å². The summed E-state index contributed by atoms with van der Waals surface area (Å²) in [5.41, 5.74) is 0.414. The highest BCUT2D eigenvalue weighted by Crippen LogP contribution is 2.46. The number of carbonyl (C=O) groups is 1. The number of benzene rings is 1. The molecule has 58 heavy (non-hydrogen) atoms. The maximum atomic E-state index is 13.6. The number of nitrogens with one attached hydrogen (secondary N) is 3. The van der Waals surface area contributed by atoms with Crippen LogP contribution in [-0.2, 0) is 34.0 Å². The average molecular weight is 804 g/mol. The van der Waals surface area contributed by atoms with E-state index < -0.39 is 55.4 Å². The minimum Gasteiger partial charge on any atom is -0.494 e. The van der Waals surface area contributed by atoms with Gasteiger partial charge in [0.2, 0.25) is 5.91 Å². The summed E-state index contributed by atoms with van der Waals surface area (Å²) in [5, 5.41) is 69.4. The lowest BCUT2D eigenvalue weighted by atomic mass is 9.83. The molecule has 1 saturated heterocycles. The minimum absolute atomic E-state index is 0.0313. The van der Waals surface area contributed by atoms with Crippen molar-refractivity contribution in [3.05, 3.63) is 76.2 Å². The third kappa shape index (κ3) is 6.85. The number of carbonyl (C=O) groups excluding carboxylic acids is 1. The molecule has 9 N–H and O–H groups in total. The van der Waals surface area contributed by atoms with E-state index in [2.05, 4.69) is 15.3 Å². The molecule has 310 valence electrons. The number of H-pyrrole nitrogens is 2. The Morgan fingerprint density at radius 3 is 2.59 bits per heavy atom. The molecule has 7 atom stereocenters. The maximum Gasteiger partial charge on any atom is 0.220 e. The number of nitrogens with zero attached hydrogens (tertiary/aromatic N) is 2. The van der Waals surface area contributed by atoms with E-state index in [0.29, 0.717) is 77.0 Å². The van der Waals surface area contributed by atoms with Crippen molar-refractivity contribution >= 4 is 38.8 Å². The minimum atomic E-state index is -2.58. The second-order valence-corrected chi connectivity index (χ2v) is 15.9. The van der Waals surface area contributed by atoms with Gasteiger partial charge in [-0.3, -0.25) is 9.59 Å². The van der Waals surface area contributed by atoms with Gasteiger partial charge in [-0.1, -0.05) is 6.92 Å². The van der Waals surface area contributed by atoms with Crippen LogP contribution in [0.5, 0.6) is 11.6 Å². The number of aromatic amines is 2. The van der Waals surface area contributed by atoms with Gasteiger partial charge in [-0.25, -0.2) is 9.78 Å². The SMILES string of the molecule is CCc1c2cc[nH]c2cn1-c1c2c(cc3c(=O)cc(C)oc13)CC(OOCC(O)C(O)(Cn1c(O)cc3[nH]ccc31)C(O)C(O)CO)C(C)(CCC1CNC(=O)C1)O2. The summed E-state index contributed by atoms with van der Waals surface area (Å²) in [4.78, 5) is 43.7. The second-order valence-electron chi connectivity index (χ2n) is 15.9. The quantitative estimate of drug-likeness (QED) is 0.0536. The van der Waals surface area contributed by atoms with Crippen LogP contribution in [0.3, 0.4) is 0 Å². The Morgan fingerprint density at radius 2 is 1.84 bits per heavy atom. The maximum absolute atomic E-state index is 13.6. The summed E-state index contributed by atoms with van der Waals surface area (Å²) in [6, 6.07) is 8.17. The highest BCUT2D eigenvalue weighted by Gasteiger charge is 2.49. The zero-order valence-corrected chi connectivity index (χ0v) is 32.4. The lowest BCUT2D eigenvalue weighted by molar-refractivity contribution is -0.365. The van der Waals surface area contributed by atoms with Crippen molar-refractivity contribution in [1.29, 1.82) is 0 Å². The standard InChI is InChI=1S/C41H49N5O12/c1-4-28-24-6-9-43-27(24)17-45(28)36-37-23(13-25-30(48)11-21(2)56-38(25)36)14-33(40(3,57-37)8-5-22-12-34(51)44-16-22)58-55-19-32(50)41(54,39(53)31(49)18-47)20-46-29-7-10-42-26(29)15-35(46)52/h6-7,9-11,13,15,17,22,31-33,39,42-43,47,49-50,52-54H,4-5,8,12,14,16,18-20H2,1-3H3,(H,44,51). The molecule has 2 aliphatic rings. The van der Waals surface area contributed by atoms with Crippen molar-refractivity contribution in [2.75, 3.05) is 19.8 Å². The van der Waals surface area contributed by atoms with E-state index in [1.807, 2.05) is 36.9 Å². The van der Waals surface area contributed by atoms with Crippen LogP contribution >= 0.6 is 0 Å². The molecule has 2 aliphatic heterocycles. The Kier molecular flexibility index (Phi) is 10.4. The number of hydrogen-bond donors (Lipinski definition) is 9. The number of aromatic nitrogens is 4. The Hall–Kier alpha value is -5.14. The van der Waals surface area contributed by atoms with Crippen molar-refractivity contribution in [2.45, 2.75) is 95.0 Å². The van der Waals surface area contributed by atoms with Crippen LogP contribution in [0.1, 0.15) is 50.1 Å². The molecule has 7 unspecified atom stereocenters. The summed E-state index contributed by atoms with van der Waals surface area (Å²) >= 11 is 0. The highest BCUT2D eigenvalue weighted by atomic mass is 17.2. The van der Waals surface area contributed by atoms with Crippen LogP contribution in [0.15, 0.2) is 58.1 Å². The van der Waals surface area contributed by atoms with Crippen LogP contribution in [0.2, 0.25) is 0 Å². The fourth-order valence-corrected chi connectivity index (χ4v) is 8.61. The first kappa shape index (κ1) is 39.7. The Bertz CT molecular complexity index is 2530. The average Bonchev–Trinajstić information content (AvgIpc) is 4.03. The predicted molar refractivity (Wildman–Crippen MR) is 210 cm³/mol. The van der Waals surface area contributed by atoms with Crippen molar-refractivity contribution in [3.8, 4) is 17.3 Å². The number of rotatable bonds is 15. The number of hydrogen-bond acceptors (Lipinski definition) is 12. The summed E-state index contributed by atoms with van der Waals surface area (Å²) in [5.74, 6) is 0.631. The second kappa shape index (κ2) is 15.2. The molecule has 1 aromatic carbocycles. The van der Waals surface area contributed by atoms with Gasteiger partial charge in [-0.05, 0) is 57.2 Å². The van der Waals surface area contributed by atoms with Crippen LogP contribution in [0.4, 0.5) is 0 Å². The molecule has 0 aliphatic carbocycles. The van der Waals surface area contributed by atoms with E-state index in [9.17, 15) is 40.2 Å². The van der Waals surface area contributed by atoms with Crippen LogP contribution in [0.25, 0.3) is 38.6 Å². The van der Waals surface area contributed by atoms with Crippen molar-refractivity contribution in [3.63, 3.8) is 0 Å². The third-order valence-corrected chi connectivity index (χ3v) is 12.0. The van der Waals surface area contributed by atoms with Crippen molar-refractivity contribution in [2.24, 2.45) is 5.92 Å². The Labute approximate surface area is 331 Å². The Morgan fingerprint density at radius 1 is 1.07 bits per heavy atom. The number of aliphatic hydroxyl groups is 5. The first-order valence-corrected chi connectivity index (χ1v) is 19.5. The van der Waals surface area contributed by atoms with Gasteiger partial charge in [-0.2, -0.15) is 0 Å². The van der Waals surface area contributed by atoms with Crippen LogP contribution < -0.4 is 15.5 Å². The number of ether oxygens (including phenoxy) is 1. The Balaban J connectivity index is 1.14. The largest absolute Gasteiger partial charge is 0.494 e. The molecule has 6 aromatic rings. The monoisotopic (exact) mass is 803 g/mol. The zero-order valence-electron chi connectivity index (χ0n) is 32.4. The highest BCUT2D eigenvalue weighted by molar-refractivity contribution is 5.92. The molecule has 17 heteroatoms. The van der Waals surface area contributed by atoms with Crippen LogP contribution in [0, 0.1) is 12.8 Å². The summed E-state index contributed by atoms with van der Waals surface area (Å²) in [6.07, 6.45) is 0.813. The number of aliphatic hydroxyl groups excluding tert-OH is 4. The van der Waals surface area contributed by atoms with E-state index in [1.165, 1.54) is 16.7 Å². The van der Waals surface area contributed by atoms with Gasteiger partial charge in [0.15, 0.2) is 22.6 Å². The van der Waals surface area contributed by atoms with Gasteiger partial charge in [0.1, 0.15) is 53.7 Å². The molecule has 7 heterocycles. The molecule has 0 bridgehead atoms. The predicted octanol–water partition coefficient (Wildman–Crippen LogP) is 2.36. The van der Waals surface area contributed by atoms with E-state index in [1.54, 1.807) is 25.3 Å². The molecule has 0 spiro atoms. The number of amides is 1. The molecule has 0 saturated carbocycles. The molecule has 1 fully saturated rings. The molecule has 1 amide bonds. The van der Waals surface area contributed by atoms with Gasteiger partial charge in [-0.15, -0.1) is 0 Å². The molecule has 8 rings (SSSR count). The fourth-order valence-electron chi connectivity index (χ4n) is 8.61. The van der Waals surface area contributed by atoms with Gasteiger partial charge in [0.25, 0.3) is 0 Å². The van der Waals surface area contributed by atoms with E-state index in [4.69, 9.17) is 18.9 Å². The van der Waals surface area contributed by atoms with E-state index in [0.717, 1.165) is 16.6 Å². The normalized spacial score (nSPS) is 22.2. The number of aryl methyl sites for hydroxylation is 2. The molecular formula is C41H49N5O12. The smallest absolute Gasteiger partial charge is 0.220 e.